The van der Waals surface area contributed by atoms with Crippen molar-refractivity contribution in [2.24, 2.45) is 0 Å². The van der Waals surface area contributed by atoms with E-state index in [1.807, 2.05) is 31.3 Å². The van der Waals surface area contributed by atoms with E-state index in [0.717, 1.165) is 16.5 Å². The lowest BCUT2D eigenvalue weighted by Gasteiger charge is -2.36. The van der Waals surface area contributed by atoms with Gasteiger partial charge in [-0.3, -0.25) is 4.90 Å². The molecular weight excluding hydrogens is 280 g/mol. The van der Waals surface area contributed by atoms with Gasteiger partial charge >= 0.3 is 6.09 Å². The number of aliphatic hydroxyl groups is 1. The van der Waals surface area contributed by atoms with E-state index in [9.17, 15) is 9.90 Å². The van der Waals surface area contributed by atoms with Gasteiger partial charge in [-0.05, 0) is 38.3 Å². The van der Waals surface area contributed by atoms with Gasteiger partial charge < -0.3 is 14.8 Å². The zero-order chi connectivity index (χ0) is 16.0. The first-order valence-electron chi connectivity index (χ1n) is 7.67. The van der Waals surface area contributed by atoms with Crippen LogP contribution in [-0.4, -0.2) is 39.0 Å². The molecule has 0 spiro atoms. The van der Waals surface area contributed by atoms with Crippen LogP contribution in [0.3, 0.4) is 0 Å². The average molecular weight is 302 g/mol. The summed E-state index contributed by atoms with van der Waals surface area (Å²) < 4.78 is 5.41. The van der Waals surface area contributed by atoms with E-state index < -0.39 is 17.4 Å². The maximum absolute atomic E-state index is 12.1. The molecule has 0 unspecified atom stereocenters. The number of carbonyl (C=O) groups is 1. The molecule has 1 aliphatic rings. The lowest BCUT2D eigenvalue weighted by atomic mass is 9.90. The van der Waals surface area contributed by atoms with Crippen LogP contribution in [0.25, 0.3) is 10.9 Å². The van der Waals surface area contributed by atoms with Crippen molar-refractivity contribution in [3.05, 3.63) is 36.0 Å². The van der Waals surface area contributed by atoms with E-state index in [1.54, 1.807) is 13.8 Å². The Hall–Kier alpha value is -2.01. The Morgan fingerprint density at radius 3 is 2.73 bits per heavy atom. The Morgan fingerprint density at radius 1 is 1.32 bits per heavy atom. The normalized spacial score (nSPS) is 28.4. The summed E-state index contributed by atoms with van der Waals surface area (Å²) >= 11 is 0. The number of para-hydroxylation sites is 1. The van der Waals surface area contributed by atoms with Gasteiger partial charge in [0.15, 0.2) is 11.3 Å². The zero-order valence-corrected chi connectivity index (χ0v) is 13.2. The molecule has 1 aromatic carbocycles. The van der Waals surface area contributed by atoms with Crippen molar-refractivity contribution < 1.29 is 14.6 Å². The van der Waals surface area contributed by atoms with Crippen LogP contribution in [0.15, 0.2) is 30.5 Å². The van der Waals surface area contributed by atoms with Gasteiger partial charge in [0, 0.05) is 23.6 Å². The van der Waals surface area contributed by atoms with Crippen molar-refractivity contribution in [3.8, 4) is 0 Å². The molecule has 1 aliphatic heterocycles. The minimum atomic E-state index is -1.30. The lowest BCUT2D eigenvalue weighted by Crippen LogP contribution is -2.55. The fraction of sp³-hybridized carbons (Fsp3) is 0.471. The second kappa shape index (κ2) is 5.02. The molecule has 1 fully saturated rings. The zero-order valence-electron chi connectivity index (χ0n) is 13.2. The number of carbonyl (C=O) groups excluding carboxylic acids is 1. The van der Waals surface area contributed by atoms with Crippen molar-refractivity contribution in [3.63, 3.8) is 0 Å². The first-order valence-corrected chi connectivity index (χ1v) is 7.67. The summed E-state index contributed by atoms with van der Waals surface area (Å²) in [5.74, 6) is 0. The summed E-state index contributed by atoms with van der Waals surface area (Å²) in [6.07, 6.45) is 2.73. The van der Waals surface area contributed by atoms with E-state index in [0.29, 0.717) is 19.4 Å². The van der Waals surface area contributed by atoms with Gasteiger partial charge in [-0.25, -0.2) is 4.79 Å². The molecule has 5 nitrogen and oxygen atoms in total. The van der Waals surface area contributed by atoms with Crippen LogP contribution in [0.1, 0.15) is 32.8 Å². The molecule has 2 N–H and O–H groups in total. The Bertz CT molecular complexity index is 707. The number of H-pyrrole nitrogens is 1. The number of ether oxygens (including phenoxy) is 1. The molecule has 0 radical (unpaired) electrons. The maximum Gasteiger partial charge on any atom is 0.412 e. The molecule has 118 valence electrons. The number of hydrogen-bond donors (Lipinski definition) is 2. The minimum Gasteiger partial charge on any atom is -0.438 e. The molecule has 3 rings (SSSR count). The number of nitrogens with zero attached hydrogens (tertiary/aromatic N) is 1. The Morgan fingerprint density at radius 2 is 2.05 bits per heavy atom. The molecule has 5 heteroatoms. The monoisotopic (exact) mass is 302 g/mol. The Balaban J connectivity index is 1.80. The standard InChI is InChI=1S/C17H22N2O3/c1-4-16(2)17(3,21)19(15(20)22-16)10-9-12-11-18-14-8-6-5-7-13(12)14/h5-8,11,18,21H,4,9-10H2,1-3H3/t16-,17-/m0/s1. The maximum atomic E-state index is 12.1. The summed E-state index contributed by atoms with van der Waals surface area (Å²) in [6, 6.07) is 8.05. The van der Waals surface area contributed by atoms with E-state index in [-0.39, 0.29) is 0 Å². The third-order valence-electron chi connectivity index (χ3n) is 5.01. The van der Waals surface area contributed by atoms with Crippen LogP contribution >= 0.6 is 0 Å². The molecule has 0 aliphatic carbocycles. The second-order valence-corrected chi connectivity index (χ2v) is 6.23. The molecule has 0 saturated carbocycles. The van der Waals surface area contributed by atoms with Crippen molar-refractivity contribution in [1.82, 2.24) is 9.88 Å². The number of hydrogen-bond acceptors (Lipinski definition) is 3. The number of aromatic nitrogens is 1. The molecule has 1 aromatic heterocycles. The lowest BCUT2D eigenvalue weighted by molar-refractivity contribution is -0.137. The fourth-order valence-electron chi connectivity index (χ4n) is 3.09. The highest BCUT2D eigenvalue weighted by atomic mass is 16.6. The first-order chi connectivity index (χ1) is 10.4. The van der Waals surface area contributed by atoms with Crippen molar-refractivity contribution in [1.29, 1.82) is 0 Å². The third-order valence-corrected chi connectivity index (χ3v) is 5.01. The minimum absolute atomic E-state index is 0.420. The number of fused-ring (bicyclic) bond motifs is 1. The van der Waals surface area contributed by atoms with Gasteiger partial charge in [-0.2, -0.15) is 0 Å². The molecule has 2 atom stereocenters. The molecule has 2 aromatic rings. The molecule has 2 heterocycles. The summed E-state index contributed by atoms with van der Waals surface area (Å²) in [7, 11) is 0. The quantitative estimate of drug-likeness (QED) is 0.912. The van der Waals surface area contributed by atoms with Crippen molar-refractivity contribution >= 4 is 17.0 Å². The SMILES string of the molecule is CC[C@]1(C)OC(=O)N(CCc2c[nH]c3ccccc23)[C@@]1(C)O. The van der Waals surface area contributed by atoms with Gasteiger partial charge in [0.05, 0.1) is 0 Å². The van der Waals surface area contributed by atoms with Crippen LogP contribution in [0.2, 0.25) is 0 Å². The van der Waals surface area contributed by atoms with E-state index in [1.165, 1.54) is 4.90 Å². The highest BCUT2D eigenvalue weighted by Gasteiger charge is 2.57. The molecule has 22 heavy (non-hydrogen) atoms. The molecule has 1 saturated heterocycles. The van der Waals surface area contributed by atoms with Gasteiger partial charge in [-0.1, -0.05) is 25.1 Å². The summed E-state index contributed by atoms with van der Waals surface area (Å²) in [4.78, 5) is 16.8. The Labute approximate surface area is 129 Å². The predicted octanol–water partition coefficient (Wildman–Crippen LogP) is 3.04. The second-order valence-electron chi connectivity index (χ2n) is 6.23. The summed E-state index contributed by atoms with van der Waals surface area (Å²) in [5, 5.41) is 11.9. The summed E-state index contributed by atoms with van der Waals surface area (Å²) in [5.41, 5.74) is 0.0332. The number of nitrogens with one attached hydrogen (secondary N) is 1. The van der Waals surface area contributed by atoms with Crippen LogP contribution in [0.5, 0.6) is 0 Å². The third kappa shape index (κ3) is 2.08. The van der Waals surface area contributed by atoms with Crippen LogP contribution < -0.4 is 0 Å². The number of cyclic esters (lactones) is 1. The Kier molecular flexibility index (Phi) is 3.40. The number of amides is 1. The number of rotatable bonds is 4. The van der Waals surface area contributed by atoms with Gasteiger partial charge in [0.25, 0.3) is 0 Å². The topological polar surface area (TPSA) is 65.6 Å². The predicted molar refractivity (Wildman–Crippen MR) is 84.5 cm³/mol. The smallest absolute Gasteiger partial charge is 0.412 e. The van der Waals surface area contributed by atoms with Crippen LogP contribution in [0.4, 0.5) is 4.79 Å². The van der Waals surface area contributed by atoms with E-state index >= 15 is 0 Å². The van der Waals surface area contributed by atoms with Gasteiger partial charge in [0.2, 0.25) is 0 Å². The van der Waals surface area contributed by atoms with E-state index in [4.69, 9.17) is 4.74 Å². The highest BCUT2D eigenvalue weighted by molar-refractivity contribution is 5.83. The van der Waals surface area contributed by atoms with Crippen LogP contribution in [-0.2, 0) is 11.2 Å². The van der Waals surface area contributed by atoms with Crippen molar-refractivity contribution in [2.45, 2.75) is 44.9 Å². The molecular formula is C17H22N2O3. The molecule has 0 bridgehead atoms. The number of benzene rings is 1. The fourth-order valence-corrected chi connectivity index (χ4v) is 3.09. The van der Waals surface area contributed by atoms with E-state index in [2.05, 4.69) is 11.1 Å². The number of aromatic amines is 1. The van der Waals surface area contributed by atoms with Gasteiger partial charge in [-0.15, -0.1) is 0 Å². The summed E-state index contributed by atoms with van der Waals surface area (Å²) in [6.45, 7) is 5.75. The first kappa shape index (κ1) is 14.9. The van der Waals surface area contributed by atoms with Crippen molar-refractivity contribution in [2.75, 3.05) is 6.54 Å². The van der Waals surface area contributed by atoms with Crippen LogP contribution in [0, 0.1) is 0 Å². The van der Waals surface area contributed by atoms with Gasteiger partial charge in [0.1, 0.15) is 0 Å². The average Bonchev–Trinajstić information content (AvgIpc) is 2.96. The molecule has 1 amide bonds. The largest absolute Gasteiger partial charge is 0.438 e. The highest BCUT2D eigenvalue weighted by Crippen LogP contribution is 2.39.